The van der Waals surface area contributed by atoms with Crippen molar-refractivity contribution in [3.8, 4) is 0 Å². The van der Waals surface area contributed by atoms with E-state index in [9.17, 15) is 9.59 Å². The Morgan fingerprint density at radius 2 is 2.07 bits per heavy atom. The zero-order valence-corrected chi connectivity index (χ0v) is 8.38. The van der Waals surface area contributed by atoms with Crippen LogP contribution < -0.4 is 0 Å². The number of hydrogen-bond acceptors (Lipinski definition) is 4. The van der Waals surface area contributed by atoms with Gasteiger partial charge < -0.3 is 9.47 Å². The van der Waals surface area contributed by atoms with Crippen LogP contribution in [0.4, 0.5) is 0 Å². The van der Waals surface area contributed by atoms with Crippen molar-refractivity contribution in [2.24, 2.45) is 0 Å². The second kappa shape index (κ2) is 4.98. The maximum atomic E-state index is 11.2. The van der Waals surface area contributed by atoms with E-state index in [0.29, 0.717) is 0 Å². The number of carbonyl (C=O) groups is 1. The minimum Gasteiger partial charge on any atom is -0.457 e. The number of esters is 1. The summed E-state index contributed by atoms with van der Waals surface area (Å²) in [6, 6.07) is 0. The molecule has 0 atom stereocenters. The Labute approximate surface area is 83.6 Å². The van der Waals surface area contributed by atoms with E-state index < -0.39 is 5.97 Å². The summed E-state index contributed by atoms with van der Waals surface area (Å²) in [5.41, 5.74) is -0.302. The number of hydrogen-bond donors (Lipinski definition) is 0. The average Bonchev–Trinajstić information content (AvgIpc) is 2.64. The van der Waals surface area contributed by atoms with Crippen LogP contribution in [0.15, 0.2) is 0 Å². The molecule has 0 saturated heterocycles. The molecule has 0 aromatic heterocycles. The second-order valence-corrected chi connectivity index (χ2v) is 3.59. The molecule has 0 aromatic carbocycles. The molecule has 1 rings (SSSR count). The molecule has 4 heteroatoms. The van der Waals surface area contributed by atoms with Crippen molar-refractivity contribution in [2.45, 2.75) is 44.6 Å². The van der Waals surface area contributed by atoms with E-state index in [0.717, 1.165) is 32.1 Å². The van der Waals surface area contributed by atoms with Crippen LogP contribution in [0.5, 0.6) is 0 Å². The van der Waals surface area contributed by atoms with Crippen LogP contribution in [0.3, 0.4) is 0 Å². The third-order valence-corrected chi connectivity index (χ3v) is 2.74. The quantitative estimate of drug-likeness (QED) is 0.627. The molecule has 1 aliphatic rings. The molecule has 4 nitrogen and oxygen atoms in total. The van der Waals surface area contributed by atoms with Gasteiger partial charge in [-0.25, -0.2) is 9.59 Å². The van der Waals surface area contributed by atoms with Gasteiger partial charge in [-0.15, -0.1) is 0 Å². The van der Waals surface area contributed by atoms with Crippen LogP contribution in [0.1, 0.15) is 39.0 Å². The second-order valence-electron chi connectivity index (χ2n) is 3.59. The monoisotopic (exact) mass is 199 g/mol. The van der Waals surface area contributed by atoms with Crippen molar-refractivity contribution in [3.05, 3.63) is 0 Å². The molecule has 0 amide bonds. The molecule has 0 spiro atoms. The fourth-order valence-corrected chi connectivity index (χ4v) is 1.91. The SMILES string of the molecule is CCC1(OC(=O)CO[C]=O)CCCC1. The van der Waals surface area contributed by atoms with Gasteiger partial charge in [0.2, 0.25) is 0 Å². The molecule has 0 N–H and O–H groups in total. The van der Waals surface area contributed by atoms with Crippen LogP contribution in [-0.4, -0.2) is 24.6 Å². The average molecular weight is 199 g/mol. The van der Waals surface area contributed by atoms with Gasteiger partial charge in [0.25, 0.3) is 0 Å². The lowest BCUT2D eigenvalue weighted by atomic mass is 9.99. The van der Waals surface area contributed by atoms with Crippen molar-refractivity contribution in [1.82, 2.24) is 0 Å². The molecule has 14 heavy (non-hydrogen) atoms. The van der Waals surface area contributed by atoms with Crippen LogP contribution >= 0.6 is 0 Å². The molecule has 0 aromatic rings. The first-order valence-electron chi connectivity index (χ1n) is 4.93. The Kier molecular flexibility index (Phi) is 3.92. The fraction of sp³-hybridized carbons (Fsp3) is 0.800. The van der Waals surface area contributed by atoms with Gasteiger partial charge in [-0.05, 0) is 32.1 Å². The Bertz CT molecular complexity index is 206. The van der Waals surface area contributed by atoms with E-state index in [2.05, 4.69) is 4.74 Å². The molecular formula is C10H15O4. The van der Waals surface area contributed by atoms with Gasteiger partial charge >= 0.3 is 12.4 Å². The zero-order chi connectivity index (χ0) is 10.4. The molecule has 0 bridgehead atoms. The van der Waals surface area contributed by atoms with Crippen LogP contribution in [0, 0.1) is 0 Å². The van der Waals surface area contributed by atoms with E-state index in [1.54, 1.807) is 0 Å². The maximum absolute atomic E-state index is 11.2. The van der Waals surface area contributed by atoms with Gasteiger partial charge in [-0.1, -0.05) is 6.92 Å². The van der Waals surface area contributed by atoms with Crippen LogP contribution in [0.25, 0.3) is 0 Å². The zero-order valence-electron chi connectivity index (χ0n) is 8.38. The summed E-state index contributed by atoms with van der Waals surface area (Å²) in [7, 11) is 0. The third-order valence-electron chi connectivity index (χ3n) is 2.74. The Morgan fingerprint density at radius 1 is 1.43 bits per heavy atom. The minimum atomic E-state index is -0.475. The fourth-order valence-electron chi connectivity index (χ4n) is 1.91. The summed E-state index contributed by atoms with van der Waals surface area (Å²) in [6.45, 7) is 2.88. The van der Waals surface area contributed by atoms with Crippen molar-refractivity contribution in [3.63, 3.8) is 0 Å². The van der Waals surface area contributed by atoms with Crippen LogP contribution in [-0.2, 0) is 19.1 Å². The lowest BCUT2D eigenvalue weighted by Gasteiger charge is -2.27. The summed E-state index contributed by atoms with van der Waals surface area (Å²) >= 11 is 0. The van der Waals surface area contributed by atoms with Crippen molar-refractivity contribution in [1.29, 1.82) is 0 Å². The molecule has 1 radical (unpaired) electrons. The van der Waals surface area contributed by atoms with E-state index in [4.69, 9.17) is 4.74 Å². The first kappa shape index (κ1) is 11.0. The minimum absolute atomic E-state index is 0.302. The molecule has 1 aliphatic carbocycles. The van der Waals surface area contributed by atoms with Crippen molar-refractivity contribution >= 4 is 12.4 Å². The lowest BCUT2D eigenvalue weighted by molar-refractivity contribution is -0.162. The van der Waals surface area contributed by atoms with Crippen molar-refractivity contribution < 1.29 is 19.1 Å². The number of rotatable bonds is 5. The lowest BCUT2D eigenvalue weighted by Crippen LogP contribution is -2.32. The summed E-state index contributed by atoms with van der Waals surface area (Å²) in [4.78, 5) is 20.9. The van der Waals surface area contributed by atoms with Gasteiger partial charge in [0.15, 0.2) is 6.61 Å². The Morgan fingerprint density at radius 3 is 2.57 bits per heavy atom. The molecule has 1 saturated carbocycles. The number of ether oxygens (including phenoxy) is 2. The summed E-state index contributed by atoms with van der Waals surface area (Å²) < 4.78 is 9.52. The van der Waals surface area contributed by atoms with Gasteiger partial charge in [-0.2, -0.15) is 0 Å². The summed E-state index contributed by atoms with van der Waals surface area (Å²) in [6.07, 6.45) is 4.85. The molecule has 0 unspecified atom stereocenters. The van der Waals surface area contributed by atoms with E-state index in [1.165, 1.54) is 6.47 Å². The van der Waals surface area contributed by atoms with Gasteiger partial charge in [0, 0.05) is 0 Å². The summed E-state index contributed by atoms with van der Waals surface area (Å²) in [5.74, 6) is -0.475. The van der Waals surface area contributed by atoms with Gasteiger partial charge in [-0.3, -0.25) is 0 Å². The maximum Gasteiger partial charge on any atom is 0.418 e. The highest BCUT2D eigenvalue weighted by molar-refractivity contribution is 5.72. The molecule has 0 heterocycles. The van der Waals surface area contributed by atoms with Crippen LogP contribution in [0.2, 0.25) is 0 Å². The standard InChI is InChI=1S/C10H15O4/c1-2-10(5-3-4-6-10)14-9(12)7-13-8-11/h2-7H2,1H3. The smallest absolute Gasteiger partial charge is 0.418 e. The highest BCUT2D eigenvalue weighted by atomic mass is 16.6. The molecule has 1 fully saturated rings. The third kappa shape index (κ3) is 2.72. The topological polar surface area (TPSA) is 52.6 Å². The normalized spacial score (nSPS) is 18.9. The van der Waals surface area contributed by atoms with Gasteiger partial charge in [0.1, 0.15) is 5.60 Å². The van der Waals surface area contributed by atoms with E-state index in [-0.39, 0.29) is 12.2 Å². The van der Waals surface area contributed by atoms with Gasteiger partial charge in [0.05, 0.1) is 0 Å². The van der Waals surface area contributed by atoms with E-state index >= 15 is 0 Å². The van der Waals surface area contributed by atoms with Crippen molar-refractivity contribution in [2.75, 3.05) is 6.61 Å². The highest BCUT2D eigenvalue weighted by Gasteiger charge is 2.35. The molecule has 79 valence electrons. The predicted molar refractivity (Wildman–Crippen MR) is 49.2 cm³/mol. The van der Waals surface area contributed by atoms with E-state index in [1.807, 2.05) is 6.92 Å². The Balaban J connectivity index is 2.39. The largest absolute Gasteiger partial charge is 0.457 e. The highest BCUT2D eigenvalue weighted by Crippen LogP contribution is 2.35. The Hall–Kier alpha value is -1.06. The predicted octanol–water partition coefficient (Wildman–Crippen LogP) is 1.34. The number of carbonyl (C=O) groups excluding carboxylic acids is 2. The molecular weight excluding hydrogens is 184 g/mol. The first-order chi connectivity index (χ1) is 6.72. The first-order valence-corrected chi connectivity index (χ1v) is 4.93. The molecule has 0 aliphatic heterocycles. The summed E-state index contributed by atoms with van der Waals surface area (Å²) in [5, 5.41) is 0.